The summed E-state index contributed by atoms with van der Waals surface area (Å²) in [6.07, 6.45) is 4.50. The molecule has 0 aliphatic carbocycles. The second-order valence-electron chi connectivity index (χ2n) is 3.36. The van der Waals surface area contributed by atoms with Gasteiger partial charge in [-0.1, -0.05) is 18.2 Å². The van der Waals surface area contributed by atoms with Gasteiger partial charge in [-0.25, -0.2) is 4.98 Å². The van der Waals surface area contributed by atoms with E-state index < -0.39 is 0 Å². The van der Waals surface area contributed by atoms with Crippen molar-refractivity contribution in [3.63, 3.8) is 0 Å². The molecule has 0 saturated carbocycles. The monoisotopic (exact) mass is 234 g/mol. The van der Waals surface area contributed by atoms with Gasteiger partial charge in [0.1, 0.15) is 0 Å². The van der Waals surface area contributed by atoms with E-state index in [2.05, 4.69) is 17.3 Å². The second kappa shape index (κ2) is 5.18. The molecule has 0 saturated heterocycles. The molecule has 1 aromatic carbocycles. The van der Waals surface area contributed by atoms with Gasteiger partial charge in [0.2, 0.25) is 0 Å². The summed E-state index contributed by atoms with van der Waals surface area (Å²) in [4.78, 5) is 5.39. The van der Waals surface area contributed by atoms with Gasteiger partial charge in [0.15, 0.2) is 11.7 Å². The molecule has 0 fully saturated rings. The molecule has 16 heavy (non-hydrogen) atoms. The van der Waals surface area contributed by atoms with E-state index in [4.69, 9.17) is 10.2 Å². The second-order valence-corrected chi connectivity index (χ2v) is 4.21. The molecule has 4 heteroatoms. The molecular weight excluding hydrogens is 220 g/mol. The van der Waals surface area contributed by atoms with Gasteiger partial charge in [0.05, 0.1) is 6.20 Å². The molecule has 84 valence electrons. The van der Waals surface area contributed by atoms with Crippen LogP contribution in [-0.4, -0.2) is 17.8 Å². The fourth-order valence-corrected chi connectivity index (χ4v) is 2.13. The summed E-state index contributed by atoms with van der Waals surface area (Å²) in [7, 11) is 0. The first-order valence-electron chi connectivity index (χ1n) is 5.13. The van der Waals surface area contributed by atoms with Gasteiger partial charge in [-0.3, -0.25) is 0 Å². The Labute approximate surface area is 99.1 Å². The first kappa shape index (κ1) is 11.2. The van der Waals surface area contributed by atoms with Crippen LogP contribution in [0.5, 0.6) is 0 Å². The Hall–Kier alpha value is -1.26. The van der Waals surface area contributed by atoms with Crippen LogP contribution in [0.1, 0.15) is 5.89 Å². The van der Waals surface area contributed by atoms with Crippen LogP contribution in [0.3, 0.4) is 0 Å². The van der Waals surface area contributed by atoms with Crippen molar-refractivity contribution in [2.24, 2.45) is 5.73 Å². The third-order valence-electron chi connectivity index (χ3n) is 2.28. The molecule has 1 aromatic heterocycles. The van der Waals surface area contributed by atoms with Crippen molar-refractivity contribution in [2.75, 3.05) is 12.8 Å². The predicted octanol–water partition coefficient (Wildman–Crippen LogP) is 2.56. The molecule has 0 unspecified atom stereocenters. The van der Waals surface area contributed by atoms with Crippen molar-refractivity contribution in [1.29, 1.82) is 0 Å². The zero-order valence-corrected chi connectivity index (χ0v) is 9.96. The van der Waals surface area contributed by atoms with E-state index in [1.54, 1.807) is 18.0 Å². The molecule has 3 nitrogen and oxygen atoms in total. The maximum absolute atomic E-state index is 5.65. The fourth-order valence-electron chi connectivity index (χ4n) is 1.52. The lowest BCUT2D eigenvalue weighted by molar-refractivity contribution is 0.507. The van der Waals surface area contributed by atoms with E-state index in [0.29, 0.717) is 18.9 Å². The summed E-state index contributed by atoms with van der Waals surface area (Å²) in [6, 6.07) is 8.14. The van der Waals surface area contributed by atoms with E-state index in [-0.39, 0.29) is 0 Å². The van der Waals surface area contributed by atoms with E-state index in [0.717, 1.165) is 11.3 Å². The van der Waals surface area contributed by atoms with Gasteiger partial charge < -0.3 is 10.2 Å². The van der Waals surface area contributed by atoms with Crippen molar-refractivity contribution >= 4 is 11.8 Å². The molecule has 0 atom stereocenters. The normalized spacial score (nSPS) is 10.6. The summed E-state index contributed by atoms with van der Waals surface area (Å²) in [6.45, 7) is 0.560. The SMILES string of the molecule is CSc1ccccc1-c1cnc(CCN)o1. The topological polar surface area (TPSA) is 52.0 Å². The van der Waals surface area contributed by atoms with Crippen molar-refractivity contribution < 1.29 is 4.42 Å². The molecule has 0 amide bonds. The van der Waals surface area contributed by atoms with E-state index in [9.17, 15) is 0 Å². The average molecular weight is 234 g/mol. The maximum Gasteiger partial charge on any atom is 0.196 e. The smallest absolute Gasteiger partial charge is 0.196 e. The van der Waals surface area contributed by atoms with E-state index in [1.165, 1.54) is 4.90 Å². The molecule has 0 aliphatic rings. The summed E-state index contributed by atoms with van der Waals surface area (Å²) in [5.41, 5.74) is 6.55. The van der Waals surface area contributed by atoms with Gasteiger partial charge in [-0.2, -0.15) is 0 Å². The Morgan fingerprint density at radius 3 is 2.94 bits per heavy atom. The van der Waals surface area contributed by atoms with Gasteiger partial charge in [-0.05, 0) is 12.3 Å². The van der Waals surface area contributed by atoms with Crippen LogP contribution >= 0.6 is 11.8 Å². The highest BCUT2D eigenvalue weighted by atomic mass is 32.2. The lowest BCUT2D eigenvalue weighted by atomic mass is 10.2. The average Bonchev–Trinajstić information content (AvgIpc) is 2.78. The number of benzene rings is 1. The first-order chi connectivity index (χ1) is 7.85. The lowest BCUT2D eigenvalue weighted by Crippen LogP contribution is -2.02. The van der Waals surface area contributed by atoms with Crippen LogP contribution in [0, 0.1) is 0 Å². The van der Waals surface area contributed by atoms with Crippen LogP contribution in [-0.2, 0) is 6.42 Å². The number of thioether (sulfide) groups is 1. The summed E-state index contributed by atoms with van der Waals surface area (Å²) in [5, 5.41) is 0. The Morgan fingerprint density at radius 1 is 1.38 bits per heavy atom. The quantitative estimate of drug-likeness (QED) is 0.826. The molecule has 0 spiro atoms. The van der Waals surface area contributed by atoms with Gasteiger partial charge in [0.25, 0.3) is 0 Å². The highest BCUT2D eigenvalue weighted by Crippen LogP contribution is 2.30. The molecule has 1 heterocycles. The molecule has 0 aliphatic heterocycles. The Bertz CT molecular complexity index is 468. The van der Waals surface area contributed by atoms with Gasteiger partial charge in [0, 0.05) is 23.4 Å². The molecule has 2 rings (SSSR count). The minimum absolute atomic E-state index is 0.560. The highest BCUT2D eigenvalue weighted by Gasteiger charge is 2.09. The highest BCUT2D eigenvalue weighted by molar-refractivity contribution is 7.98. The van der Waals surface area contributed by atoms with Crippen LogP contribution < -0.4 is 5.73 Å². The van der Waals surface area contributed by atoms with Crippen molar-refractivity contribution in [1.82, 2.24) is 4.98 Å². The Balaban J connectivity index is 2.34. The van der Waals surface area contributed by atoms with Crippen LogP contribution in [0.2, 0.25) is 0 Å². The van der Waals surface area contributed by atoms with Gasteiger partial charge in [-0.15, -0.1) is 11.8 Å². The number of oxazole rings is 1. The summed E-state index contributed by atoms with van der Waals surface area (Å²) < 4.78 is 5.65. The molecule has 2 N–H and O–H groups in total. The zero-order valence-electron chi connectivity index (χ0n) is 9.14. The number of aromatic nitrogens is 1. The first-order valence-corrected chi connectivity index (χ1v) is 6.35. The third-order valence-corrected chi connectivity index (χ3v) is 3.08. The number of hydrogen-bond donors (Lipinski definition) is 1. The van der Waals surface area contributed by atoms with Crippen LogP contribution in [0.25, 0.3) is 11.3 Å². The molecule has 0 bridgehead atoms. The number of nitrogens with zero attached hydrogens (tertiary/aromatic N) is 1. The predicted molar refractivity (Wildman–Crippen MR) is 66.5 cm³/mol. The van der Waals surface area contributed by atoms with Crippen LogP contribution in [0.15, 0.2) is 39.8 Å². The summed E-state index contributed by atoms with van der Waals surface area (Å²) >= 11 is 1.70. The van der Waals surface area contributed by atoms with Crippen molar-refractivity contribution in [2.45, 2.75) is 11.3 Å². The minimum Gasteiger partial charge on any atom is -0.441 e. The minimum atomic E-state index is 0.560. The Morgan fingerprint density at radius 2 is 2.19 bits per heavy atom. The summed E-state index contributed by atoms with van der Waals surface area (Å²) in [5.74, 6) is 1.52. The number of hydrogen-bond acceptors (Lipinski definition) is 4. The fraction of sp³-hybridized carbons (Fsp3) is 0.250. The van der Waals surface area contributed by atoms with Gasteiger partial charge >= 0.3 is 0 Å². The van der Waals surface area contributed by atoms with Crippen molar-refractivity contribution in [3.8, 4) is 11.3 Å². The molecule has 2 aromatic rings. The van der Waals surface area contributed by atoms with E-state index in [1.807, 2.05) is 18.2 Å². The zero-order chi connectivity index (χ0) is 11.4. The maximum atomic E-state index is 5.65. The molecule has 0 radical (unpaired) electrons. The number of rotatable bonds is 4. The third kappa shape index (κ3) is 2.28. The van der Waals surface area contributed by atoms with Crippen molar-refractivity contribution in [3.05, 3.63) is 36.4 Å². The molecular formula is C12H14N2OS. The Kier molecular flexibility index (Phi) is 3.64. The standard InChI is InChI=1S/C12H14N2OS/c1-16-11-5-3-2-4-9(11)10-8-14-12(15-10)6-7-13/h2-5,8H,6-7,13H2,1H3. The van der Waals surface area contributed by atoms with Crippen LogP contribution in [0.4, 0.5) is 0 Å². The largest absolute Gasteiger partial charge is 0.441 e. The number of nitrogens with two attached hydrogens (primary N) is 1. The lowest BCUT2D eigenvalue weighted by Gasteiger charge is -2.02. The van der Waals surface area contributed by atoms with E-state index >= 15 is 0 Å².